The Morgan fingerprint density at radius 3 is 1.58 bits per heavy atom. The van der Waals surface area contributed by atoms with Crippen molar-refractivity contribution in [3.05, 3.63) is 29.0 Å². The van der Waals surface area contributed by atoms with Crippen molar-refractivity contribution in [3.8, 4) is 0 Å². The van der Waals surface area contributed by atoms with Crippen LogP contribution in [0.15, 0.2) is 29.0 Å². The summed E-state index contributed by atoms with van der Waals surface area (Å²) in [7, 11) is -6.00. The summed E-state index contributed by atoms with van der Waals surface area (Å²) in [5.74, 6) is 0. The van der Waals surface area contributed by atoms with E-state index in [1.807, 2.05) is 24.5 Å². The molecule has 0 saturated carbocycles. The van der Waals surface area contributed by atoms with Gasteiger partial charge in [0, 0.05) is 16.6 Å². The Morgan fingerprint density at radius 2 is 1.42 bits per heavy atom. The van der Waals surface area contributed by atoms with Crippen LogP contribution in [-0.4, -0.2) is 7.25 Å². The summed E-state index contributed by atoms with van der Waals surface area (Å²) in [6, 6.07) is 3.89. The summed E-state index contributed by atoms with van der Waals surface area (Å²) in [5, 5.41) is 0. The lowest BCUT2D eigenvalue weighted by Gasteiger charge is -1.94. The predicted molar refractivity (Wildman–Crippen MR) is 40.9 cm³/mol. The molecular weight excluding hydrogens is 241 g/mol. The minimum Gasteiger partial charge on any atom is -0.418 e. The molecule has 1 heterocycles. The molecule has 0 aromatic carbocycles. The maximum Gasteiger partial charge on any atom is 0.673 e. The van der Waals surface area contributed by atoms with Crippen LogP contribution in [0.2, 0.25) is 0 Å². The van der Waals surface area contributed by atoms with Crippen molar-refractivity contribution >= 4 is 23.2 Å². The molecule has 0 amide bonds. The van der Waals surface area contributed by atoms with Gasteiger partial charge < -0.3 is 17.3 Å². The van der Waals surface area contributed by atoms with E-state index in [2.05, 4.69) is 20.9 Å². The Hall–Kier alpha value is -0.585. The highest BCUT2D eigenvalue weighted by atomic mass is 79.9. The SMILES string of the molecule is Brc1cc[nH+]cc1.F[B-](F)(F)F. The zero-order valence-electron chi connectivity index (χ0n) is 5.78. The monoisotopic (exact) mass is 245 g/mol. The molecular formula is C5H5BBrF4N. The molecule has 0 saturated heterocycles. The molecule has 0 aliphatic heterocycles. The highest BCUT2D eigenvalue weighted by molar-refractivity contribution is 9.10. The maximum atomic E-state index is 9.75. The molecule has 1 aromatic heterocycles. The first-order valence-electron chi connectivity index (χ1n) is 2.88. The van der Waals surface area contributed by atoms with E-state index in [9.17, 15) is 17.3 Å². The molecule has 7 heteroatoms. The van der Waals surface area contributed by atoms with Gasteiger partial charge in [-0.2, -0.15) is 0 Å². The first-order valence-corrected chi connectivity index (χ1v) is 3.68. The van der Waals surface area contributed by atoms with Crippen LogP contribution in [0.1, 0.15) is 0 Å². The van der Waals surface area contributed by atoms with E-state index in [1.54, 1.807) is 0 Å². The normalized spacial score (nSPS) is 10.1. The third-order valence-corrected chi connectivity index (χ3v) is 1.21. The average Bonchev–Trinajstić information content (AvgIpc) is 1.85. The molecule has 0 radical (unpaired) electrons. The Labute approximate surface area is 75.0 Å². The highest BCUT2D eigenvalue weighted by Gasteiger charge is 2.20. The summed E-state index contributed by atoms with van der Waals surface area (Å²) in [5.41, 5.74) is 0. The molecule has 0 bridgehead atoms. The summed E-state index contributed by atoms with van der Waals surface area (Å²) in [6.07, 6.45) is 3.73. The van der Waals surface area contributed by atoms with E-state index in [4.69, 9.17) is 0 Å². The number of hydrogen-bond donors (Lipinski definition) is 0. The van der Waals surface area contributed by atoms with E-state index in [0.717, 1.165) is 4.47 Å². The van der Waals surface area contributed by atoms with Gasteiger partial charge in [0.15, 0.2) is 12.4 Å². The molecule has 1 rings (SSSR count). The fourth-order valence-corrected chi connectivity index (χ4v) is 0.631. The molecule has 1 aromatic rings. The van der Waals surface area contributed by atoms with Crippen LogP contribution in [0.3, 0.4) is 0 Å². The van der Waals surface area contributed by atoms with E-state index in [-0.39, 0.29) is 0 Å². The van der Waals surface area contributed by atoms with Crippen molar-refractivity contribution in [3.63, 3.8) is 0 Å². The van der Waals surface area contributed by atoms with Gasteiger partial charge in [-0.15, -0.1) is 0 Å². The van der Waals surface area contributed by atoms with Crippen LogP contribution >= 0.6 is 15.9 Å². The minimum atomic E-state index is -6.00. The van der Waals surface area contributed by atoms with E-state index >= 15 is 0 Å². The Kier molecular flexibility index (Phi) is 4.88. The number of halogens is 5. The molecule has 0 spiro atoms. The third kappa shape index (κ3) is 12.1. The van der Waals surface area contributed by atoms with Crippen molar-refractivity contribution in [2.24, 2.45) is 0 Å². The summed E-state index contributed by atoms with van der Waals surface area (Å²) < 4.78 is 40.1. The second kappa shape index (κ2) is 5.13. The highest BCUT2D eigenvalue weighted by Crippen LogP contribution is 2.06. The van der Waals surface area contributed by atoms with Crippen LogP contribution in [0.4, 0.5) is 17.3 Å². The minimum absolute atomic E-state index is 1.10. The molecule has 0 fully saturated rings. The van der Waals surface area contributed by atoms with Gasteiger partial charge in [0.05, 0.1) is 0 Å². The number of H-pyrrole nitrogens is 1. The maximum absolute atomic E-state index is 9.75. The number of nitrogens with one attached hydrogen (secondary N) is 1. The zero-order chi connectivity index (χ0) is 9.61. The molecule has 0 atom stereocenters. The fraction of sp³-hybridized carbons (Fsp3) is 0. The van der Waals surface area contributed by atoms with Gasteiger partial charge in [-0.3, -0.25) is 0 Å². The molecule has 0 aliphatic rings. The standard InChI is InChI=1S/C5H4BrN.BF4/c6-5-1-3-7-4-2-5;2-1(3,4)5/h1-4H;/q;-1/p+1. The average molecular weight is 246 g/mol. The molecule has 68 valence electrons. The first-order chi connectivity index (χ1) is 5.39. The van der Waals surface area contributed by atoms with Gasteiger partial charge in [0.1, 0.15) is 0 Å². The van der Waals surface area contributed by atoms with Gasteiger partial charge in [-0.1, -0.05) is 15.9 Å². The first kappa shape index (κ1) is 11.4. The quantitative estimate of drug-likeness (QED) is 0.493. The fourth-order valence-electron chi connectivity index (χ4n) is 0.367. The van der Waals surface area contributed by atoms with Gasteiger partial charge in [0.2, 0.25) is 0 Å². The topological polar surface area (TPSA) is 14.1 Å². The molecule has 1 N–H and O–H groups in total. The van der Waals surface area contributed by atoms with Crippen molar-refractivity contribution < 1.29 is 22.2 Å². The zero-order valence-corrected chi connectivity index (χ0v) is 7.36. The van der Waals surface area contributed by atoms with E-state index in [1.165, 1.54) is 0 Å². The third-order valence-electron chi connectivity index (χ3n) is 0.678. The van der Waals surface area contributed by atoms with E-state index in [0.29, 0.717) is 0 Å². The van der Waals surface area contributed by atoms with Gasteiger partial charge in [0.25, 0.3) is 0 Å². The van der Waals surface area contributed by atoms with Crippen molar-refractivity contribution in [2.45, 2.75) is 0 Å². The van der Waals surface area contributed by atoms with Gasteiger partial charge in [-0.25, -0.2) is 4.98 Å². The lowest BCUT2D eigenvalue weighted by Crippen LogP contribution is -2.02. The summed E-state index contributed by atoms with van der Waals surface area (Å²) >= 11 is 3.29. The molecule has 1 nitrogen and oxygen atoms in total. The predicted octanol–water partition coefficient (Wildman–Crippen LogP) is 2.56. The Balaban J connectivity index is 0.000000217. The number of aromatic nitrogens is 1. The smallest absolute Gasteiger partial charge is 0.418 e. The lowest BCUT2D eigenvalue weighted by atomic mass is 10.3. The van der Waals surface area contributed by atoms with Crippen LogP contribution in [-0.2, 0) is 0 Å². The van der Waals surface area contributed by atoms with Crippen LogP contribution in [0, 0.1) is 0 Å². The second-order valence-corrected chi connectivity index (χ2v) is 2.63. The Morgan fingerprint density at radius 1 is 1.08 bits per heavy atom. The second-order valence-electron chi connectivity index (χ2n) is 1.71. The molecule has 0 unspecified atom stereocenters. The van der Waals surface area contributed by atoms with Crippen LogP contribution < -0.4 is 4.98 Å². The number of rotatable bonds is 0. The number of pyridine rings is 1. The molecule has 0 aliphatic carbocycles. The summed E-state index contributed by atoms with van der Waals surface area (Å²) in [6.45, 7) is 0. The lowest BCUT2D eigenvalue weighted by molar-refractivity contribution is -0.378. The molecule has 12 heavy (non-hydrogen) atoms. The van der Waals surface area contributed by atoms with Crippen molar-refractivity contribution in [1.29, 1.82) is 0 Å². The van der Waals surface area contributed by atoms with Crippen LogP contribution in [0.25, 0.3) is 0 Å². The summed E-state index contributed by atoms with van der Waals surface area (Å²) in [4.78, 5) is 2.90. The van der Waals surface area contributed by atoms with Crippen LogP contribution in [0.5, 0.6) is 0 Å². The Bertz CT molecular complexity index is 208. The number of hydrogen-bond acceptors (Lipinski definition) is 0. The van der Waals surface area contributed by atoms with Crippen molar-refractivity contribution in [2.75, 3.05) is 0 Å². The largest absolute Gasteiger partial charge is 0.673 e. The van der Waals surface area contributed by atoms with Gasteiger partial charge >= 0.3 is 7.25 Å². The van der Waals surface area contributed by atoms with Crippen molar-refractivity contribution in [1.82, 2.24) is 0 Å². The van der Waals surface area contributed by atoms with Gasteiger partial charge in [-0.05, 0) is 0 Å². The van der Waals surface area contributed by atoms with E-state index < -0.39 is 7.25 Å². The number of aromatic amines is 1.